The molecule has 0 amide bonds. The normalized spacial score (nSPS) is 25.2. The number of rotatable bonds is 2. The molecule has 0 N–H and O–H groups in total. The van der Waals surface area contributed by atoms with Crippen molar-refractivity contribution in [3.05, 3.63) is 34.3 Å². The lowest BCUT2D eigenvalue weighted by atomic mass is 9.98. The first kappa shape index (κ1) is 12.9. The van der Waals surface area contributed by atoms with E-state index in [0.29, 0.717) is 12.8 Å². The Morgan fingerprint density at radius 2 is 2.00 bits per heavy atom. The highest BCUT2D eigenvalue weighted by Crippen LogP contribution is 2.38. The van der Waals surface area contributed by atoms with Crippen molar-refractivity contribution in [2.75, 3.05) is 0 Å². The van der Waals surface area contributed by atoms with Gasteiger partial charge in [0.2, 0.25) is 0 Å². The molecule has 2 rings (SSSR count). The fourth-order valence-corrected chi connectivity index (χ4v) is 2.72. The molecule has 0 aliphatic heterocycles. The van der Waals surface area contributed by atoms with E-state index in [2.05, 4.69) is 20.7 Å². The monoisotopic (exact) mass is 308 g/mol. The molecule has 94 valence electrons. The molecule has 1 fully saturated rings. The topological polar surface area (TPSA) is 9.23 Å². The average Bonchev–Trinajstić information content (AvgIpc) is 2.63. The minimum atomic E-state index is -4.52. The largest absolute Gasteiger partial charge is 0.522 e. The summed E-state index contributed by atoms with van der Waals surface area (Å²) in [5, 5.41) is 0. The van der Waals surface area contributed by atoms with Crippen LogP contribution in [0.5, 0.6) is 0 Å². The molecule has 5 heteroatoms. The molecular weight excluding hydrogens is 297 g/mol. The van der Waals surface area contributed by atoms with Crippen molar-refractivity contribution >= 4 is 15.9 Å². The molecule has 0 spiro atoms. The quantitative estimate of drug-likeness (QED) is 0.774. The third-order valence-electron chi connectivity index (χ3n) is 3.00. The average molecular weight is 309 g/mol. The van der Waals surface area contributed by atoms with Crippen LogP contribution in [0.1, 0.15) is 30.7 Å². The van der Waals surface area contributed by atoms with Crippen molar-refractivity contribution in [2.24, 2.45) is 0 Å². The smallest absolute Gasteiger partial charge is 0.289 e. The summed E-state index contributed by atoms with van der Waals surface area (Å²) in [6.07, 6.45) is -3.56. The first-order valence-corrected chi connectivity index (χ1v) is 6.23. The number of halogens is 4. The minimum Gasteiger partial charge on any atom is -0.289 e. The summed E-state index contributed by atoms with van der Waals surface area (Å²) < 4.78 is 41.2. The van der Waals surface area contributed by atoms with E-state index < -0.39 is 12.5 Å². The Hall–Kier alpha value is -0.550. The highest BCUT2D eigenvalue weighted by atomic mass is 79.9. The maximum absolute atomic E-state index is 12.1. The fraction of sp³-hybridized carbons (Fsp3) is 0.500. The van der Waals surface area contributed by atoms with E-state index in [-0.39, 0.29) is 5.92 Å². The summed E-state index contributed by atoms with van der Waals surface area (Å²) in [6, 6.07) is 7.71. The van der Waals surface area contributed by atoms with E-state index in [9.17, 15) is 13.2 Å². The van der Waals surface area contributed by atoms with E-state index in [4.69, 9.17) is 0 Å². The molecule has 1 aromatic carbocycles. The molecule has 1 unspecified atom stereocenters. The fourth-order valence-electron chi connectivity index (χ4n) is 2.30. The van der Waals surface area contributed by atoms with Crippen LogP contribution >= 0.6 is 15.9 Å². The number of hydrogen-bond acceptors (Lipinski definition) is 1. The highest BCUT2D eigenvalue weighted by Gasteiger charge is 2.37. The van der Waals surface area contributed by atoms with Crippen LogP contribution in [-0.2, 0) is 4.74 Å². The standard InChI is InChI=1S/C12H12BrF3O/c13-10-3-1-2-8(6-10)9-4-5-11(7-9)17-12(14,15)16/h1-3,6,9,11H,4-5,7H2/t9-,11?/m1/s1. The number of hydrogen-bond donors (Lipinski definition) is 0. The van der Waals surface area contributed by atoms with Crippen LogP contribution in [-0.4, -0.2) is 12.5 Å². The number of benzene rings is 1. The van der Waals surface area contributed by atoms with Crippen molar-refractivity contribution in [3.8, 4) is 0 Å². The molecule has 1 aliphatic carbocycles. The molecule has 1 nitrogen and oxygen atoms in total. The van der Waals surface area contributed by atoms with Gasteiger partial charge in [0.05, 0.1) is 6.10 Å². The summed E-state index contributed by atoms with van der Waals surface area (Å²) in [5.74, 6) is 0.167. The number of alkyl halides is 3. The van der Waals surface area contributed by atoms with Crippen molar-refractivity contribution < 1.29 is 17.9 Å². The Balaban J connectivity index is 1.98. The van der Waals surface area contributed by atoms with Gasteiger partial charge in [-0.3, -0.25) is 4.74 Å². The lowest BCUT2D eigenvalue weighted by Gasteiger charge is -2.14. The van der Waals surface area contributed by atoms with Crippen molar-refractivity contribution in [2.45, 2.75) is 37.6 Å². The van der Waals surface area contributed by atoms with Gasteiger partial charge in [0.1, 0.15) is 0 Å². The lowest BCUT2D eigenvalue weighted by molar-refractivity contribution is -0.341. The second-order valence-corrected chi connectivity index (χ2v) is 5.17. The summed E-state index contributed by atoms with van der Waals surface area (Å²) in [6.45, 7) is 0. The Bertz CT molecular complexity index is 392. The predicted octanol–water partition coefficient (Wildman–Crippen LogP) is 4.62. The summed E-state index contributed by atoms with van der Waals surface area (Å²) in [5.41, 5.74) is 1.08. The van der Waals surface area contributed by atoms with E-state index in [1.807, 2.05) is 24.3 Å². The van der Waals surface area contributed by atoms with Crippen molar-refractivity contribution in [3.63, 3.8) is 0 Å². The van der Waals surface area contributed by atoms with Gasteiger partial charge in [-0.25, -0.2) is 0 Å². The van der Waals surface area contributed by atoms with Gasteiger partial charge in [0, 0.05) is 4.47 Å². The summed E-state index contributed by atoms with van der Waals surface area (Å²) in [7, 11) is 0. The zero-order valence-electron chi connectivity index (χ0n) is 9.01. The number of ether oxygens (including phenoxy) is 1. The van der Waals surface area contributed by atoms with Crippen LogP contribution in [0.15, 0.2) is 28.7 Å². The van der Waals surface area contributed by atoms with Gasteiger partial charge >= 0.3 is 6.36 Å². The zero-order chi connectivity index (χ0) is 12.5. The second-order valence-electron chi connectivity index (χ2n) is 4.25. The second kappa shape index (κ2) is 4.98. The first-order valence-electron chi connectivity index (χ1n) is 5.44. The summed E-state index contributed by atoms with van der Waals surface area (Å²) in [4.78, 5) is 0. The first-order chi connectivity index (χ1) is 7.94. The predicted molar refractivity (Wildman–Crippen MR) is 61.7 cm³/mol. The molecule has 1 saturated carbocycles. The molecule has 2 atom stereocenters. The van der Waals surface area contributed by atoms with Crippen LogP contribution in [0.2, 0.25) is 0 Å². The maximum Gasteiger partial charge on any atom is 0.522 e. The zero-order valence-corrected chi connectivity index (χ0v) is 10.6. The Morgan fingerprint density at radius 1 is 1.24 bits per heavy atom. The van der Waals surface area contributed by atoms with E-state index in [0.717, 1.165) is 16.5 Å². The van der Waals surface area contributed by atoms with Crippen LogP contribution in [0.3, 0.4) is 0 Å². The van der Waals surface area contributed by atoms with Gasteiger partial charge in [0.15, 0.2) is 0 Å². The molecule has 0 bridgehead atoms. The van der Waals surface area contributed by atoms with Gasteiger partial charge in [-0.15, -0.1) is 13.2 Å². The maximum atomic E-state index is 12.1. The van der Waals surface area contributed by atoms with Gasteiger partial charge in [0.25, 0.3) is 0 Å². The third kappa shape index (κ3) is 3.71. The molecule has 0 heterocycles. The third-order valence-corrected chi connectivity index (χ3v) is 3.50. The molecule has 0 aromatic heterocycles. The SMILES string of the molecule is FC(F)(F)OC1CC[C@@H](c2cccc(Br)c2)C1. The van der Waals surface area contributed by atoms with Crippen LogP contribution < -0.4 is 0 Å². The molecule has 0 radical (unpaired) electrons. The molecule has 17 heavy (non-hydrogen) atoms. The van der Waals surface area contributed by atoms with Gasteiger partial charge in [-0.2, -0.15) is 0 Å². The van der Waals surface area contributed by atoms with Crippen LogP contribution in [0.25, 0.3) is 0 Å². The minimum absolute atomic E-state index is 0.167. The van der Waals surface area contributed by atoms with Crippen LogP contribution in [0, 0.1) is 0 Å². The van der Waals surface area contributed by atoms with Crippen LogP contribution in [0.4, 0.5) is 13.2 Å². The van der Waals surface area contributed by atoms with E-state index in [1.54, 1.807) is 0 Å². The van der Waals surface area contributed by atoms with Gasteiger partial charge in [-0.05, 0) is 42.9 Å². The van der Waals surface area contributed by atoms with Crippen molar-refractivity contribution in [1.29, 1.82) is 0 Å². The van der Waals surface area contributed by atoms with Gasteiger partial charge < -0.3 is 0 Å². The highest BCUT2D eigenvalue weighted by molar-refractivity contribution is 9.10. The molecule has 1 aromatic rings. The molecule has 0 saturated heterocycles. The Kier molecular flexibility index (Phi) is 3.78. The molecule has 1 aliphatic rings. The Morgan fingerprint density at radius 3 is 2.65 bits per heavy atom. The lowest BCUT2D eigenvalue weighted by Crippen LogP contribution is -2.21. The Labute approximate surface area is 106 Å². The van der Waals surface area contributed by atoms with Crippen molar-refractivity contribution in [1.82, 2.24) is 0 Å². The van der Waals surface area contributed by atoms with E-state index >= 15 is 0 Å². The summed E-state index contributed by atoms with van der Waals surface area (Å²) >= 11 is 3.36. The van der Waals surface area contributed by atoms with Gasteiger partial charge in [-0.1, -0.05) is 28.1 Å². The molecular formula is C12H12BrF3O. The van der Waals surface area contributed by atoms with E-state index in [1.165, 1.54) is 0 Å².